The molecule has 2 amide bonds. The summed E-state index contributed by atoms with van der Waals surface area (Å²) in [6.45, 7) is 6.34. The number of likely N-dealkylation sites (tertiary alicyclic amines) is 2. The SMILES string of the molecule is CCCC(=N)C1CCN(C(=O)/C=C/c2ccc(Sc3ccc(/C=C/C(=O)N4CCC(C(=N)CCC)CC4)cc3[N+](=O)[O-])c([N+](=O)[O-])c2)CC1. The van der Waals surface area contributed by atoms with Gasteiger partial charge in [-0.05, 0) is 85.8 Å². The van der Waals surface area contributed by atoms with Crippen LogP contribution in [0.4, 0.5) is 11.4 Å². The third-order valence-electron chi connectivity index (χ3n) is 9.05. The van der Waals surface area contributed by atoms with Crippen LogP contribution < -0.4 is 0 Å². The molecule has 0 spiro atoms. The molecule has 2 aromatic rings. The molecule has 12 nitrogen and oxygen atoms in total. The molecule has 0 aliphatic carbocycles. The Labute approximate surface area is 290 Å². The van der Waals surface area contributed by atoms with Crippen LogP contribution in [0.15, 0.2) is 58.3 Å². The van der Waals surface area contributed by atoms with Gasteiger partial charge in [0, 0.05) is 61.9 Å². The maximum Gasteiger partial charge on any atom is 0.283 e. The molecule has 2 N–H and O–H groups in total. The molecule has 49 heavy (non-hydrogen) atoms. The predicted octanol–water partition coefficient (Wildman–Crippen LogP) is 7.80. The van der Waals surface area contributed by atoms with Gasteiger partial charge in [0.1, 0.15) is 0 Å². The van der Waals surface area contributed by atoms with Crippen LogP contribution in [0.1, 0.15) is 76.3 Å². The molecule has 2 aliphatic rings. The lowest BCUT2D eigenvalue weighted by atomic mass is 9.90. The van der Waals surface area contributed by atoms with Crippen molar-refractivity contribution < 1.29 is 19.4 Å². The van der Waals surface area contributed by atoms with E-state index in [9.17, 15) is 29.8 Å². The quantitative estimate of drug-likeness (QED) is 0.0881. The molecule has 2 fully saturated rings. The molecule has 0 atom stereocenters. The second kappa shape index (κ2) is 17.7. The first-order chi connectivity index (χ1) is 23.5. The molecular weight excluding hydrogens is 644 g/mol. The van der Waals surface area contributed by atoms with E-state index in [0.717, 1.165) is 74.6 Å². The van der Waals surface area contributed by atoms with Crippen LogP contribution >= 0.6 is 11.8 Å². The molecule has 2 saturated heterocycles. The number of benzene rings is 2. The average Bonchev–Trinajstić information content (AvgIpc) is 3.10. The first-order valence-electron chi connectivity index (χ1n) is 16.8. The van der Waals surface area contributed by atoms with Crippen molar-refractivity contribution in [2.24, 2.45) is 11.8 Å². The third kappa shape index (κ3) is 10.2. The van der Waals surface area contributed by atoms with Crippen molar-refractivity contribution in [2.45, 2.75) is 75.0 Å². The van der Waals surface area contributed by atoms with Crippen LogP contribution in [0.3, 0.4) is 0 Å². The maximum absolute atomic E-state index is 12.8. The summed E-state index contributed by atoms with van der Waals surface area (Å²) >= 11 is 0.904. The molecule has 0 saturated carbocycles. The summed E-state index contributed by atoms with van der Waals surface area (Å²) in [6.07, 6.45) is 12.3. The second-order valence-electron chi connectivity index (χ2n) is 12.5. The minimum Gasteiger partial charge on any atom is -0.339 e. The number of hydrogen-bond acceptors (Lipinski definition) is 9. The van der Waals surface area contributed by atoms with E-state index in [4.69, 9.17) is 10.8 Å². The standard InChI is InChI=1S/C36H44N6O6S/c1-3-5-29(37)27-15-19-39(20-16-27)35(43)13-9-25-7-11-33(31(23-25)41(45)46)49-34-12-8-26(24-32(34)42(47)48)10-14-36(44)40-21-17-28(18-22-40)30(38)6-4-2/h7-14,23-24,27-28,37-38H,3-6,15-22H2,1-2H3/b13-9+,14-10+,37-29?,38-30?. The van der Waals surface area contributed by atoms with Crippen LogP contribution in [0.2, 0.25) is 0 Å². The van der Waals surface area contributed by atoms with Crippen LogP contribution in [0.25, 0.3) is 12.2 Å². The molecule has 2 aliphatic heterocycles. The Kier molecular flexibility index (Phi) is 13.4. The van der Waals surface area contributed by atoms with Crippen LogP contribution in [0.5, 0.6) is 0 Å². The van der Waals surface area contributed by atoms with E-state index in [-0.39, 0.29) is 44.8 Å². The predicted molar refractivity (Wildman–Crippen MR) is 192 cm³/mol. The van der Waals surface area contributed by atoms with E-state index < -0.39 is 9.85 Å². The van der Waals surface area contributed by atoms with E-state index in [1.54, 1.807) is 21.9 Å². The van der Waals surface area contributed by atoms with Crippen molar-refractivity contribution in [3.8, 4) is 0 Å². The largest absolute Gasteiger partial charge is 0.339 e. The fourth-order valence-electron chi connectivity index (χ4n) is 6.24. The van der Waals surface area contributed by atoms with E-state index in [1.807, 2.05) is 13.8 Å². The maximum atomic E-state index is 12.8. The highest BCUT2D eigenvalue weighted by Crippen LogP contribution is 2.40. The van der Waals surface area contributed by atoms with E-state index in [0.29, 0.717) is 37.3 Å². The van der Waals surface area contributed by atoms with Gasteiger partial charge >= 0.3 is 0 Å². The molecule has 2 heterocycles. The van der Waals surface area contributed by atoms with Crippen LogP contribution in [-0.2, 0) is 9.59 Å². The van der Waals surface area contributed by atoms with Gasteiger partial charge in [-0.1, -0.05) is 50.6 Å². The summed E-state index contributed by atoms with van der Waals surface area (Å²) in [5.74, 6) is 0.0297. The highest BCUT2D eigenvalue weighted by atomic mass is 32.2. The average molecular weight is 689 g/mol. The van der Waals surface area contributed by atoms with Gasteiger partial charge in [-0.3, -0.25) is 29.8 Å². The van der Waals surface area contributed by atoms with Crippen molar-refractivity contribution in [3.05, 3.63) is 79.9 Å². The normalized spacial score (nSPS) is 16.0. The Balaban J connectivity index is 1.40. The minimum absolute atomic E-state index is 0.193. The highest BCUT2D eigenvalue weighted by molar-refractivity contribution is 7.99. The fraction of sp³-hybridized carbons (Fsp3) is 0.444. The first kappa shape index (κ1) is 37.2. The Morgan fingerprint density at radius 2 is 1.10 bits per heavy atom. The first-order valence-corrected chi connectivity index (χ1v) is 17.7. The molecular formula is C36H44N6O6S. The van der Waals surface area contributed by atoms with Crippen LogP contribution in [0, 0.1) is 42.9 Å². The second-order valence-corrected chi connectivity index (χ2v) is 13.6. The summed E-state index contributed by atoms with van der Waals surface area (Å²) < 4.78 is 0. The molecule has 13 heteroatoms. The minimum atomic E-state index is -0.554. The number of hydrogen-bond donors (Lipinski definition) is 2. The number of piperidine rings is 2. The van der Waals surface area contributed by atoms with Gasteiger partial charge < -0.3 is 20.6 Å². The monoisotopic (exact) mass is 688 g/mol. The number of carbonyl (C=O) groups is 2. The van der Waals surface area contributed by atoms with Crippen molar-refractivity contribution >= 4 is 58.5 Å². The number of amides is 2. The van der Waals surface area contributed by atoms with E-state index in [1.165, 1.54) is 48.6 Å². The van der Waals surface area contributed by atoms with Gasteiger partial charge in [-0.2, -0.15) is 0 Å². The topological polar surface area (TPSA) is 175 Å². The summed E-state index contributed by atoms with van der Waals surface area (Å²) in [5, 5.41) is 40.4. The molecule has 0 bridgehead atoms. The lowest BCUT2D eigenvalue weighted by molar-refractivity contribution is -0.388. The van der Waals surface area contributed by atoms with E-state index >= 15 is 0 Å². The van der Waals surface area contributed by atoms with Crippen molar-refractivity contribution in [1.29, 1.82) is 10.8 Å². The zero-order valence-corrected chi connectivity index (χ0v) is 28.9. The lowest BCUT2D eigenvalue weighted by Crippen LogP contribution is -2.39. The van der Waals surface area contributed by atoms with Gasteiger partial charge in [0.15, 0.2) is 0 Å². The smallest absolute Gasteiger partial charge is 0.283 e. The Morgan fingerprint density at radius 3 is 1.43 bits per heavy atom. The molecule has 0 unspecified atom stereocenters. The molecule has 0 radical (unpaired) electrons. The van der Waals surface area contributed by atoms with Crippen molar-refractivity contribution in [3.63, 3.8) is 0 Å². The Bertz CT molecular complexity index is 1520. The molecule has 4 rings (SSSR count). The number of nitro benzene ring substituents is 2. The molecule has 0 aromatic heterocycles. The third-order valence-corrected chi connectivity index (χ3v) is 10.2. The number of rotatable bonds is 14. The Morgan fingerprint density at radius 1 is 0.735 bits per heavy atom. The summed E-state index contributed by atoms with van der Waals surface area (Å²) in [4.78, 5) is 52.4. The van der Waals surface area contributed by atoms with E-state index in [2.05, 4.69) is 0 Å². The van der Waals surface area contributed by atoms with Gasteiger partial charge in [0.05, 0.1) is 19.6 Å². The van der Waals surface area contributed by atoms with Crippen molar-refractivity contribution in [1.82, 2.24) is 9.80 Å². The van der Waals surface area contributed by atoms with Gasteiger partial charge in [-0.15, -0.1) is 0 Å². The summed E-state index contributed by atoms with van der Waals surface area (Å²) in [6, 6.07) is 8.97. The van der Waals surface area contributed by atoms with Gasteiger partial charge in [0.25, 0.3) is 11.4 Å². The Hall–Kier alpha value is -4.65. The van der Waals surface area contributed by atoms with Gasteiger partial charge in [-0.25, -0.2) is 0 Å². The zero-order chi connectivity index (χ0) is 35.5. The lowest BCUT2D eigenvalue weighted by Gasteiger charge is -2.31. The van der Waals surface area contributed by atoms with Crippen LogP contribution in [-0.4, -0.2) is 69.1 Å². The van der Waals surface area contributed by atoms with Crippen molar-refractivity contribution in [2.75, 3.05) is 26.2 Å². The number of carbonyl (C=O) groups excluding carboxylic acids is 2. The number of nitrogens with one attached hydrogen (secondary N) is 2. The summed E-state index contributed by atoms with van der Waals surface area (Å²) in [7, 11) is 0. The zero-order valence-electron chi connectivity index (χ0n) is 28.1. The summed E-state index contributed by atoms with van der Waals surface area (Å²) in [5.41, 5.74) is 1.90. The highest BCUT2D eigenvalue weighted by Gasteiger charge is 2.26. The molecule has 2 aromatic carbocycles. The number of nitro groups is 2. The fourth-order valence-corrected chi connectivity index (χ4v) is 7.23. The van der Waals surface area contributed by atoms with Gasteiger partial charge in [0.2, 0.25) is 11.8 Å². The molecule has 260 valence electrons. The number of nitrogens with zero attached hydrogens (tertiary/aromatic N) is 4.